The van der Waals surface area contributed by atoms with E-state index in [0.29, 0.717) is 11.1 Å². The second-order valence-electron chi connectivity index (χ2n) is 5.56. The van der Waals surface area contributed by atoms with Crippen molar-refractivity contribution in [2.45, 2.75) is 19.6 Å². The van der Waals surface area contributed by atoms with Gasteiger partial charge in [0.2, 0.25) is 0 Å². The van der Waals surface area contributed by atoms with Crippen molar-refractivity contribution in [3.63, 3.8) is 0 Å². The van der Waals surface area contributed by atoms with Crippen molar-refractivity contribution < 1.29 is 24.2 Å². The normalized spacial score (nSPS) is 16.7. The van der Waals surface area contributed by atoms with Gasteiger partial charge in [0.1, 0.15) is 5.75 Å². The number of nitrogens with one attached hydrogen (secondary N) is 1. The van der Waals surface area contributed by atoms with E-state index in [-0.39, 0.29) is 11.3 Å². The third-order valence-electron chi connectivity index (χ3n) is 3.39. The SMILES string of the molecule is CC1(C)OC(=O)C(=CNc2cccc3c(O)cccc23)C(=O)O1. The maximum Gasteiger partial charge on any atom is 0.350 e. The van der Waals surface area contributed by atoms with Crippen LogP contribution in [0, 0.1) is 0 Å². The van der Waals surface area contributed by atoms with E-state index in [0.717, 1.165) is 5.39 Å². The van der Waals surface area contributed by atoms with Crippen LogP contribution in [0.5, 0.6) is 5.75 Å². The Labute approximate surface area is 132 Å². The third-order valence-corrected chi connectivity index (χ3v) is 3.39. The average molecular weight is 313 g/mol. The maximum absolute atomic E-state index is 11.9. The van der Waals surface area contributed by atoms with E-state index in [1.165, 1.54) is 20.0 Å². The topological polar surface area (TPSA) is 84.9 Å². The van der Waals surface area contributed by atoms with E-state index in [2.05, 4.69) is 5.32 Å². The van der Waals surface area contributed by atoms with Gasteiger partial charge in [-0.15, -0.1) is 0 Å². The molecule has 118 valence electrons. The smallest absolute Gasteiger partial charge is 0.350 e. The van der Waals surface area contributed by atoms with Gasteiger partial charge in [0.05, 0.1) is 0 Å². The zero-order valence-corrected chi connectivity index (χ0v) is 12.6. The molecule has 2 aromatic rings. The van der Waals surface area contributed by atoms with Gasteiger partial charge in [-0.3, -0.25) is 0 Å². The molecule has 1 aliphatic rings. The summed E-state index contributed by atoms with van der Waals surface area (Å²) in [5.74, 6) is -2.61. The molecule has 1 heterocycles. The van der Waals surface area contributed by atoms with Gasteiger partial charge in [-0.2, -0.15) is 0 Å². The number of anilines is 1. The quantitative estimate of drug-likeness (QED) is 0.504. The van der Waals surface area contributed by atoms with Gasteiger partial charge in [0, 0.05) is 36.5 Å². The van der Waals surface area contributed by atoms with Crippen molar-refractivity contribution in [2.24, 2.45) is 0 Å². The molecular weight excluding hydrogens is 298 g/mol. The molecule has 1 fully saturated rings. The number of phenolic OH excluding ortho intramolecular Hbond substituents is 1. The number of hydrogen-bond acceptors (Lipinski definition) is 6. The zero-order chi connectivity index (χ0) is 16.6. The van der Waals surface area contributed by atoms with Crippen LogP contribution in [0.3, 0.4) is 0 Å². The van der Waals surface area contributed by atoms with E-state index in [1.54, 1.807) is 30.3 Å². The van der Waals surface area contributed by atoms with Crippen LogP contribution in [0.15, 0.2) is 48.2 Å². The van der Waals surface area contributed by atoms with Crippen LogP contribution in [0.1, 0.15) is 13.8 Å². The molecule has 6 nitrogen and oxygen atoms in total. The molecule has 0 spiro atoms. The van der Waals surface area contributed by atoms with Gasteiger partial charge in [0.15, 0.2) is 5.57 Å². The van der Waals surface area contributed by atoms with Crippen molar-refractivity contribution in [1.29, 1.82) is 0 Å². The Balaban J connectivity index is 1.93. The number of carbonyl (C=O) groups is 2. The first kappa shape index (κ1) is 14.9. The minimum atomic E-state index is -1.27. The number of phenols is 1. The first-order valence-electron chi connectivity index (χ1n) is 7.01. The number of esters is 2. The van der Waals surface area contributed by atoms with Crippen molar-refractivity contribution in [3.8, 4) is 5.75 Å². The maximum atomic E-state index is 11.9. The molecule has 0 aliphatic carbocycles. The highest BCUT2D eigenvalue weighted by Gasteiger charge is 2.38. The number of hydrogen-bond donors (Lipinski definition) is 2. The number of aromatic hydroxyl groups is 1. The lowest BCUT2D eigenvalue weighted by Gasteiger charge is -2.29. The number of fused-ring (bicyclic) bond motifs is 1. The molecule has 1 saturated heterocycles. The summed E-state index contributed by atoms with van der Waals surface area (Å²) < 4.78 is 10.0. The Morgan fingerprint density at radius 3 is 2.30 bits per heavy atom. The van der Waals surface area contributed by atoms with Gasteiger partial charge in [-0.05, 0) is 12.1 Å². The second kappa shape index (κ2) is 5.31. The summed E-state index contributed by atoms with van der Waals surface area (Å²) in [6, 6.07) is 10.4. The Hall–Kier alpha value is -3.02. The molecule has 0 bridgehead atoms. The first-order valence-corrected chi connectivity index (χ1v) is 7.01. The predicted molar refractivity (Wildman–Crippen MR) is 83.6 cm³/mol. The molecule has 2 aromatic carbocycles. The fourth-order valence-corrected chi connectivity index (χ4v) is 2.35. The average Bonchev–Trinajstić information content (AvgIpc) is 2.46. The molecule has 2 N–H and O–H groups in total. The fourth-order valence-electron chi connectivity index (χ4n) is 2.35. The third kappa shape index (κ3) is 2.83. The van der Waals surface area contributed by atoms with Crippen molar-refractivity contribution in [3.05, 3.63) is 48.2 Å². The Morgan fingerprint density at radius 1 is 1.00 bits per heavy atom. The molecule has 0 amide bonds. The summed E-state index contributed by atoms with van der Waals surface area (Å²) in [7, 11) is 0. The summed E-state index contributed by atoms with van der Waals surface area (Å²) in [6.45, 7) is 2.97. The summed E-state index contributed by atoms with van der Waals surface area (Å²) in [5.41, 5.74) is 0.415. The van der Waals surface area contributed by atoms with E-state index in [9.17, 15) is 14.7 Å². The van der Waals surface area contributed by atoms with Crippen molar-refractivity contribution in [2.75, 3.05) is 5.32 Å². The van der Waals surface area contributed by atoms with Crippen molar-refractivity contribution in [1.82, 2.24) is 0 Å². The molecule has 0 radical (unpaired) electrons. The molecule has 23 heavy (non-hydrogen) atoms. The van der Waals surface area contributed by atoms with Crippen LogP contribution in [0.4, 0.5) is 5.69 Å². The monoisotopic (exact) mass is 313 g/mol. The van der Waals surface area contributed by atoms with Crippen molar-refractivity contribution >= 4 is 28.4 Å². The molecule has 3 rings (SSSR count). The van der Waals surface area contributed by atoms with Gasteiger partial charge in [0.25, 0.3) is 5.79 Å². The lowest BCUT2D eigenvalue weighted by Crippen LogP contribution is -2.42. The Bertz CT molecular complexity index is 816. The highest BCUT2D eigenvalue weighted by molar-refractivity contribution is 6.15. The van der Waals surface area contributed by atoms with Crippen LogP contribution in [0.2, 0.25) is 0 Å². The first-order chi connectivity index (χ1) is 10.9. The zero-order valence-electron chi connectivity index (χ0n) is 12.6. The van der Waals surface area contributed by atoms with E-state index >= 15 is 0 Å². The fraction of sp³-hybridized carbons (Fsp3) is 0.176. The second-order valence-corrected chi connectivity index (χ2v) is 5.56. The summed E-state index contributed by atoms with van der Waals surface area (Å²) >= 11 is 0. The van der Waals surface area contributed by atoms with Crippen LogP contribution < -0.4 is 5.32 Å². The van der Waals surface area contributed by atoms with Crippen LogP contribution in [-0.2, 0) is 19.1 Å². The minimum absolute atomic E-state index is 0.150. The van der Waals surface area contributed by atoms with Crippen LogP contribution in [-0.4, -0.2) is 22.8 Å². The molecule has 0 aromatic heterocycles. The molecule has 0 atom stereocenters. The highest BCUT2D eigenvalue weighted by Crippen LogP contribution is 2.30. The number of carbonyl (C=O) groups excluding carboxylic acids is 2. The standard InChI is InChI=1S/C17H15NO5/c1-17(2)22-15(20)12(16(21)23-17)9-18-13-7-3-6-11-10(13)5-4-8-14(11)19/h3-9,18-19H,1-2H3. The largest absolute Gasteiger partial charge is 0.507 e. The van der Waals surface area contributed by atoms with E-state index in [4.69, 9.17) is 9.47 Å². The number of rotatable bonds is 2. The lowest BCUT2D eigenvalue weighted by atomic mass is 10.1. The Morgan fingerprint density at radius 2 is 1.61 bits per heavy atom. The van der Waals surface area contributed by atoms with E-state index < -0.39 is 17.7 Å². The molecule has 0 saturated carbocycles. The van der Waals surface area contributed by atoms with Crippen LogP contribution >= 0.6 is 0 Å². The summed E-state index contributed by atoms with van der Waals surface area (Å²) in [6.07, 6.45) is 1.25. The predicted octanol–water partition coefficient (Wildman–Crippen LogP) is 2.68. The van der Waals surface area contributed by atoms with Gasteiger partial charge in [-0.1, -0.05) is 24.3 Å². The number of ether oxygens (including phenoxy) is 2. The molecule has 1 aliphatic heterocycles. The van der Waals surface area contributed by atoms with Crippen LogP contribution in [0.25, 0.3) is 10.8 Å². The van der Waals surface area contributed by atoms with Gasteiger partial charge in [-0.25, -0.2) is 9.59 Å². The number of benzene rings is 2. The lowest BCUT2D eigenvalue weighted by molar-refractivity contribution is -0.222. The minimum Gasteiger partial charge on any atom is -0.507 e. The van der Waals surface area contributed by atoms with E-state index in [1.807, 2.05) is 6.07 Å². The molecule has 6 heteroatoms. The molecular formula is C17H15NO5. The summed E-state index contributed by atoms with van der Waals surface area (Å²) in [5, 5.41) is 14.2. The van der Waals surface area contributed by atoms with Gasteiger partial charge < -0.3 is 19.9 Å². The van der Waals surface area contributed by atoms with Gasteiger partial charge >= 0.3 is 11.9 Å². The Kier molecular flexibility index (Phi) is 3.44. The molecule has 0 unspecified atom stereocenters. The number of cyclic esters (lactones) is 2. The highest BCUT2D eigenvalue weighted by atomic mass is 16.7. The summed E-state index contributed by atoms with van der Waals surface area (Å²) in [4.78, 5) is 23.8.